The van der Waals surface area contributed by atoms with E-state index in [4.69, 9.17) is 9.47 Å². The minimum Gasteiger partial charge on any atom is -0.507 e. The molecule has 1 amide bonds. The summed E-state index contributed by atoms with van der Waals surface area (Å²) >= 11 is 0. The Bertz CT molecular complexity index is 1600. The van der Waals surface area contributed by atoms with Gasteiger partial charge in [0.15, 0.2) is 11.5 Å². The number of carbonyl (C=O) groups is 2. The van der Waals surface area contributed by atoms with E-state index in [0.29, 0.717) is 28.1 Å². The predicted octanol–water partition coefficient (Wildman–Crippen LogP) is 4.42. The van der Waals surface area contributed by atoms with Crippen LogP contribution in [0.2, 0.25) is 0 Å². The highest BCUT2D eigenvalue weighted by atomic mass is 16.6. The van der Waals surface area contributed by atoms with E-state index in [1.165, 1.54) is 43.4 Å². The second kappa shape index (κ2) is 9.36. The van der Waals surface area contributed by atoms with Gasteiger partial charge >= 0.3 is 5.91 Å². The van der Waals surface area contributed by atoms with Crippen molar-refractivity contribution in [2.24, 2.45) is 0 Å². The zero-order valence-corrected chi connectivity index (χ0v) is 20.6. The summed E-state index contributed by atoms with van der Waals surface area (Å²) in [5, 5.41) is 22.3. The number of rotatable bonds is 6. The Balaban J connectivity index is 1.70. The number of carbonyl (C=O) groups excluding carboxylic acids is 2. The Morgan fingerprint density at radius 2 is 1.74 bits per heavy atom. The number of H-pyrrole nitrogens is 1. The van der Waals surface area contributed by atoms with Crippen molar-refractivity contribution in [2.45, 2.75) is 13.0 Å². The molecule has 5 rings (SSSR count). The lowest BCUT2D eigenvalue weighted by Crippen LogP contribution is -2.30. The molecule has 0 spiro atoms. The molecule has 1 unspecified atom stereocenters. The van der Waals surface area contributed by atoms with Crippen molar-refractivity contribution in [1.29, 1.82) is 0 Å². The SMILES string of the molecule is COc1cc2nc(N3C(=O)C(=O)/C(=C(/O)c4ccc([N+](=O)[O-])cc4)C3c3cccc(C)c3)[nH]c2cc1OC. The fourth-order valence-electron chi connectivity index (χ4n) is 4.54. The lowest BCUT2D eigenvalue weighted by atomic mass is 9.94. The van der Waals surface area contributed by atoms with Crippen molar-refractivity contribution in [3.63, 3.8) is 0 Å². The standard InChI is InChI=1S/C27H22N4O7/c1-14-5-4-6-16(11-14)23-22(24(32)15-7-9-17(10-8-15)31(35)36)25(33)26(34)30(23)27-28-18-12-20(37-2)21(38-3)13-19(18)29-27/h4-13,23,32H,1-3H3,(H,28,29)/b24-22+. The molecule has 11 nitrogen and oxygen atoms in total. The molecule has 1 aromatic heterocycles. The fourth-order valence-corrected chi connectivity index (χ4v) is 4.54. The molecule has 3 aromatic carbocycles. The Morgan fingerprint density at radius 3 is 2.37 bits per heavy atom. The second-order valence-electron chi connectivity index (χ2n) is 8.67. The number of hydrogen-bond acceptors (Lipinski definition) is 8. The summed E-state index contributed by atoms with van der Waals surface area (Å²) in [6.07, 6.45) is 0. The summed E-state index contributed by atoms with van der Waals surface area (Å²) in [5.41, 5.74) is 2.28. The molecule has 1 aliphatic heterocycles. The number of anilines is 1. The number of fused-ring (bicyclic) bond motifs is 1. The minimum atomic E-state index is -1.02. The number of nitrogens with one attached hydrogen (secondary N) is 1. The van der Waals surface area contributed by atoms with Crippen LogP contribution in [0.1, 0.15) is 22.7 Å². The number of ether oxygens (including phenoxy) is 2. The minimum absolute atomic E-state index is 0.0895. The number of benzene rings is 3. The molecule has 2 N–H and O–H groups in total. The van der Waals surface area contributed by atoms with Crippen LogP contribution in [-0.2, 0) is 9.59 Å². The number of Topliss-reactive ketones (excluding diaryl/α,β-unsaturated/α-hetero) is 1. The summed E-state index contributed by atoms with van der Waals surface area (Å²) < 4.78 is 10.7. The molecule has 4 aromatic rings. The molecule has 1 saturated heterocycles. The van der Waals surface area contributed by atoms with Gasteiger partial charge in [0.1, 0.15) is 5.76 Å². The zero-order valence-electron chi connectivity index (χ0n) is 20.6. The van der Waals surface area contributed by atoms with E-state index in [9.17, 15) is 24.8 Å². The van der Waals surface area contributed by atoms with Gasteiger partial charge in [-0.2, -0.15) is 0 Å². The second-order valence-corrected chi connectivity index (χ2v) is 8.67. The van der Waals surface area contributed by atoms with Crippen molar-refractivity contribution in [1.82, 2.24) is 9.97 Å². The number of hydrogen-bond donors (Lipinski definition) is 2. The highest BCUT2D eigenvalue weighted by molar-refractivity contribution is 6.51. The molecule has 1 atom stereocenters. The van der Waals surface area contributed by atoms with Gasteiger partial charge in [0.25, 0.3) is 11.5 Å². The number of aryl methyl sites for hydroxylation is 1. The van der Waals surface area contributed by atoms with Gasteiger partial charge in [-0.25, -0.2) is 4.98 Å². The van der Waals surface area contributed by atoms with Crippen LogP contribution in [0.25, 0.3) is 16.8 Å². The smallest absolute Gasteiger partial charge is 0.302 e. The number of amides is 1. The van der Waals surface area contributed by atoms with Crippen molar-refractivity contribution < 1.29 is 29.1 Å². The number of ketones is 1. The van der Waals surface area contributed by atoms with Gasteiger partial charge in [-0.05, 0) is 24.6 Å². The fraction of sp³-hybridized carbons (Fsp3) is 0.148. The third-order valence-electron chi connectivity index (χ3n) is 6.36. The van der Waals surface area contributed by atoms with Crippen molar-refractivity contribution in [2.75, 3.05) is 19.1 Å². The van der Waals surface area contributed by atoms with E-state index < -0.39 is 28.4 Å². The molecule has 2 heterocycles. The van der Waals surface area contributed by atoms with Crippen LogP contribution in [0.4, 0.5) is 11.6 Å². The molecule has 1 fully saturated rings. The molecule has 0 aliphatic carbocycles. The first-order chi connectivity index (χ1) is 18.2. The average molecular weight is 514 g/mol. The number of aromatic amines is 1. The number of nitro benzene ring substituents is 1. The first-order valence-corrected chi connectivity index (χ1v) is 11.5. The van der Waals surface area contributed by atoms with E-state index in [0.717, 1.165) is 5.56 Å². The topological polar surface area (TPSA) is 148 Å². The van der Waals surface area contributed by atoms with E-state index in [1.807, 2.05) is 13.0 Å². The number of aliphatic hydroxyl groups is 1. The van der Waals surface area contributed by atoms with Crippen molar-refractivity contribution in [3.8, 4) is 11.5 Å². The highest BCUT2D eigenvalue weighted by Crippen LogP contribution is 2.42. The molecule has 0 saturated carbocycles. The lowest BCUT2D eigenvalue weighted by molar-refractivity contribution is -0.384. The summed E-state index contributed by atoms with van der Waals surface area (Å²) in [5.74, 6) is -1.28. The maximum Gasteiger partial charge on any atom is 0.302 e. The van der Waals surface area contributed by atoms with Crippen LogP contribution in [0.3, 0.4) is 0 Å². The van der Waals surface area contributed by atoms with Gasteiger partial charge in [-0.15, -0.1) is 0 Å². The third-order valence-corrected chi connectivity index (χ3v) is 6.36. The zero-order chi connectivity index (χ0) is 27.1. The van der Waals surface area contributed by atoms with Gasteiger partial charge in [0.05, 0.1) is 41.8 Å². The number of methoxy groups -OCH3 is 2. The van der Waals surface area contributed by atoms with Gasteiger partial charge < -0.3 is 19.6 Å². The largest absolute Gasteiger partial charge is 0.507 e. The molecule has 1 aliphatic rings. The van der Waals surface area contributed by atoms with Crippen LogP contribution in [-0.4, -0.2) is 45.9 Å². The van der Waals surface area contributed by atoms with Gasteiger partial charge in [0.2, 0.25) is 5.95 Å². The number of nitro groups is 1. The Morgan fingerprint density at radius 1 is 1.05 bits per heavy atom. The maximum atomic E-state index is 13.4. The molecule has 192 valence electrons. The normalized spacial score (nSPS) is 16.7. The van der Waals surface area contributed by atoms with Crippen molar-refractivity contribution in [3.05, 3.63) is 93.0 Å². The molecule has 11 heteroatoms. The summed E-state index contributed by atoms with van der Waals surface area (Å²) in [6, 6.07) is 14.6. The highest BCUT2D eigenvalue weighted by Gasteiger charge is 2.48. The van der Waals surface area contributed by atoms with Crippen LogP contribution < -0.4 is 14.4 Å². The van der Waals surface area contributed by atoms with Gasteiger partial charge in [0, 0.05) is 29.8 Å². The van der Waals surface area contributed by atoms with Crippen LogP contribution in [0.15, 0.2) is 66.2 Å². The maximum absolute atomic E-state index is 13.4. The Kier molecular flexibility index (Phi) is 6.03. The summed E-state index contributed by atoms with van der Waals surface area (Å²) in [6.45, 7) is 1.87. The van der Waals surface area contributed by atoms with Crippen LogP contribution in [0.5, 0.6) is 11.5 Å². The number of aromatic nitrogens is 2. The average Bonchev–Trinajstić information content (AvgIpc) is 3.44. The summed E-state index contributed by atoms with van der Waals surface area (Å²) in [7, 11) is 2.99. The van der Waals surface area contributed by atoms with E-state index in [-0.39, 0.29) is 22.8 Å². The van der Waals surface area contributed by atoms with Crippen molar-refractivity contribution >= 4 is 40.1 Å². The first-order valence-electron chi connectivity index (χ1n) is 11.5. The molecular weight excluding hydrogens is 492 g/mol. The molecular formula is C27H22N4O7. The number of nitrogens with zero attached hydrogens (tertiary/aromatic N) is 3. The number of non-ortho nitro benzene ring substituents is 1. The van der Waals surface area contributed by atoms with Gasteiger partial charge in [-0.3, -0.25) is 24.6 Å². The number of imidazole rings is 1. The van der Waals surface area contributed by atoms with Crippen LogP contribution in [0, 0.1) is 17.0 Å². The quantitative estimate of drug-likeness (QED) is 0.126. The first kappa shape index (κ1) is 24.5. The van der Waals surface area contributed by atoms with E-state index >= 15 is 0 Å². The third kappa shape index (κ3) is 3.99. The Labute approximate surface area is 216 Å². The monoisotopic (exact) mass is 514 g/mol. The van der Waals surface area contributed by atoms with E-state index in [2.05, 4.69) is 9.97 Å². The number of aliphatic hydroxyl groups excluding tert-OH is 1. The predicted molar refractivity (Wildman–Crippen MR) is 138 cm³/mol. The molecule has 0 radical (unpaired) electrons. The lowest BCUT2D eigenvalue weighted by Gasteiger charge is -2.23. The van der Waals surface area contributed by atoms with E-state index in [1.54, 1.807) is 30.3 Å². The molecule has 0 bridgehead atoms. The van der Waals surface area contributed by atoms with Gasteiger partial charge in [-0.1, -0.05) is 29.8 Å². The Hall–Kier alpha value is -5.19. The molecule has 38 heavy (non-hydrogen) atoms. The summed E-state index contributed by atoms with van der Waals surface area (Å²) in [4.78, 5) is 46.1. The van der Waals surface area contributed by atoms with Crippen LogP contribution >= 0.6 is 0 Å².